The fraction of sp³-hybridized carbons (Fsp3) is 0.611. The number of anilines is 3. The zero-order valence-corrected chi connectivity index (χ0v) is 15.8. The monoisotopic (exact) mass is 372 g/mol. The third kappa shape index (κ3) is 3.21. The number of nitrogens with zero attached hydrogens (tertiary/aromatic N) is 5. The minimum Gasteiger partial charge on any atom is -0.395 e. The molecular weight excluding hydrogens is 344 g/mol. The summed E-state index contributed by atoms with van der Waals surface area (Å²) in [5.41, 5.74) is 8.41. The Labute approximate surface area is 159 Å². The summed E-state index contributed by atoms with van der Waals surface area (Å²) in [4.78, 5) is 21.5. The summed E-state index contributed by atoms with van der Waals surface area (Å²) in [6.07, 6.45) is 4.88. The Balaban J connectivity index is 1.55. The molecule has 9 nitrogen and oxygen atoms in total. The first kappa shape index (κ1) is 18.0. The van der Waals surface area contributed by atoms with Gasteiger partial charge in [-0.25, -0.2) is 4.98 Å². The fourth-order valence-corrected chi connectivity index (χ4v) is 4.53. The van der Waals surface area contributed by atoms with Gasteiger partial charge in [-0.3, -0.25) is 4.90 Å². The van der Waals surface area contributed by atoms with Gasteiger partial charge in [-0.05, 0) is 19.4 Å². The maximum Gasteiger partial charge on any atom is 0.223 e. The van der Waals surface area contributed by atoms with Crippen LogP contribution in [0, 0.1) is 0 Å². The van der Waals surface area contributed by atoms with Gasteiger partial charge in [0.05, 0.1) is 24.2 Å². The fourth-order valence-electron chi connectivity index (χ4n) is 4.53. The second-order valence-electron chi connectivity index (χ2n) is 7.20. The third-order valence-electron chi connectivity index (χ3n) is 5.84. The van der Waals surface area contributed by atoms with Crippen molar-refractivity contribution in [2.24, 2.45) is 0 Å². The van der Waals surface area contributed by atoms with E-state index >= 15 is 0 Å². The minimum atomic E-state index is 0.00930. The summed E-state index contributed by atoms with van der Waals surface area (Å²) in [5, 5.41) is 12.1. The number of nitrogen functional groups attached to an aromatic ring is 1. The van der Waals surface area contributed by atoms with E-state index in [0.29, 0.717) is 12.4 Å². The number of hydrogen-bond donors (Lipinski definition) is 4. The molecule has 9 heteroatoms. The predicted octanol–water partition coefficient (Wildman–Crippen LogP) is 0.560. The third-order valence-corrected chi connectivity index (χ3v) is 5.84. The lowest BCUT2D eigenvalue weighted by Gasteiger charge is -2.50. The highest BCUT2D eigenvalue weighted by atomic mass is 16.3. The predicted molar refractivity (Wildman–Crippen MR) is 105 cm³/mol. The molecule has 0 radical (unpaired) electrons. The summed E-state index contributed by atoms with van der Waals surface area (Å²) < 4.78 is 0. The van der Waals surface area contributed by atoms with E-state index in [2.05, 4.69) is 37.0 Å². The number of rotatable bonds is 5. The molecule has 1 spiro atoms. The summed E-state index contributed by atoms with van der Waals surface area (Å²) in [7, 11) is 0. The average Bonchev–Trinajstić information content (AvgIpc) is 3.17. The summed E-state index contributed by atoms with van der Waals surface area (Å²) in [5.74, 6) is 1.73. The van der Waals surface area contributed by atoms with Crippen LogP contribution in [0.25, 0.3) is 0 Å². The molecule has 0 atom stereocenters. The number of nitrogens with two attached hydrogens (primary N) is 1. The van der Waals surface area contributed by atoms with E-state index in [-0.39, 0.29) is 18.1 Å². The molecule has 2 aliphatic heterocycles. The normalized spacial score (nSPS) is 19.3. The smallest absolute Gasteiger partial charge is 0.223 e. The van der Waals surface area contributed by atoms with Crippen molar-refractivity contribution in [2.75, 3.05) is 55.3 Å². The van der Waals surface area contributed by atoms with Gasteiger partial charge in [-0.1, -0.05) is 6.92 Å². The number of H-pyrrole nitrogens is 1. The molecule has 4 rings (SSSR count). The SMILES string of the molecule is CCN1CCc2[nH]cnc2C12CCN(c1cc(NCCO)nc(N)n1)CC2. The standard InChI is InChI=1S/C18H28N8O/c1-2-26-7-3-13-16(22-12-21-13)18(26)4-8-25(9-5-18)15-11-14(20-6-10-27)23-17(19)24-15/h11-12,27H,2-10H2,1H3,(H,21,22)(H3,19,20,23,24). The largest absolute Gasteiger partial charge is 0.395 e. The summed E-state index contributed by atoms with van der Waals surface area (Å²) >= 11 is 0. The first-order chi connectivity index (χ1) is 13.2. The highest BCUT2D eigenvalue weighted by Gasteiger charge is 2.46. The van der Waals surface area contributed by atoms with E-state index in [9.17, 15) is 0 Å². The van der Waals surface area contributed by atoms with Crippen LogP contribution in [0.4, 0.5) is 17.6 Å². The second kappa shape index (κ2) is 7.32. The molecular formula is C18H28N8O. The quantitative estimate of drug-likeness (QED) is 0.601. The highest BCUT2D eigenvalue weighted by Crippen LogP contribution is 2.42. The van der Waals surface area contributed by atoms with Crippen molar-refractivity contribution >= 4 is 17.6 Å². The molecule has 1 fully saturated rings. The Hall–Kier alpha value is -2.39. The van der Waals surface area contributed by atoms with Crippen LogP contribution in [-0.2, 0) is 12.0 Å². The molecule has 2 aromatic rings. The van der Waals surface area contributed by atoms with E-state index in [1.165, 1.54) is 11.4 Å². The van der Waals surface area contributed by atoms with Crippen LogP contribution in [-0.4, -0.2) is 69.3 Å². The van der Waals surface area contributed by atoms with Gasteiger partial charge >= 0.3 is 0 Å². The lowest BCUT2D eigenvalue weighted by molar-refractivity contribution is 0.0496. The lowest BCUT2D eigenvalue weighted by atomic mass is 9.78. The summed E-state index contributed by atoms with van der Waals surface area (Å²) in [6, 6.07) is 1.91. The van der Waals surface area contributed by atoms with Gasteiger partial charge in [0.1, 0.15) is 11.6 Å². The van der Waals surface area contributed by atoms with Gasteiger partial charge in [-0.15, -0.1) is 0 Å². The van der Waals surface area contributed by atoms with E-state index in [1.54, 1.807) is 0 Å². The number of aromatic amines is 1. The Morgan fingerprint density at radius 1 is 1.30 bits per heavy atom. The van der Waals surface area contributed by atoms with Crippen LogP contribution in [0.15, 0.2) is 12.4 Å². The molecule has 0 aliphatic carbocycles. The van der Waals surface area contributed by atoms with Gasteiger partial charge < -0.3 is 26.0 Å². The molecule has 2 aromatic heterocycles. The Kier molecular flexibility index (Phi) is 4.88. The lowest BCUT2D eigenvalue weighted by Crippen LogP contribution is -2.56. The van der Waals surface area contributed by atoms with Gasteiger partial charge in [0.15, 0.2) is 0 Å². The van der Waals surface area contributed by atoms with E-state index in [4.69, 9.17) is 15.8 Å². The van der Waals surface area contributed by atoms with Crippen molar-refractivity contribution in [2.45, 2.75) is 31.7 Å². The molecule has 5 N–H and O–H groups in total. The average molecular weight is 372 g/mol. The van der Waals surface area contributed by atoms with Crippen LogP contribution in [0.1, 0.15) is 31.2 Å². The number of aromatic nitrogens is 4. The number of imidazole rings is 1. The van der Waals surface area contributed by atoms with E-state index in [0.717, 1.165) is 51.3 Å². The van der Waals surface area contributed by atoms with Gasteiger partial charge in [0.2, 0.25) is 5.95 Å². The zero-order valence-electron chi connectivity index (χ0n) is 15.8. The molecule has 0 amide bonds. The van der Waals surface area contributed by atoms with Crippen molar-refractivity contribution in [1.82, 2.24) is 24.8 Å². The summed E-state index contributed by atoms with van der Waals surface area (Å²) in [6.45, 7) is 6.59. The number of fused-ring (bicyclic) bond motifs is 2. The number of likely N-dealkylation sites (N-methyl/N-ethyl adjacent to an activating group) is 1. The molecule has 2 aliphatic rings. The maximum atomic E-state index is 9.01. The van der Waals surface area contributed by atoms with Crippen LogP contribution >= 0.6 is 0 Å². The maximum absolute atomic E-state index is 9.01. The molecule has 1 saturated heterocycles. The number of nitrogens with one attached hydrogen (secondary N) is 2. The molecule has 0 saturated carbocycles. The van der Waals surface area contributed by atoms with Gasteiger partial charge in [-0.2, -0.15) is 9.97 Å². The van der Waals surface area contributed by atoms with Crippen LogP contribution in [0.2, 0.25) is 0 Å². The molecule has 0 aromatic carbocycles. The molecule has 4 heterocycles. The first-order valence-corrected chi connectivity index (χ1v) is 9.68. The van der Waals surface area contributed by atoms with Crippen molar-refractivity contribution in [3.63, 3.8) is 0 Å². The molecule has 0 bridgehead atoms. The Bertz CT molecular complexity index is 783. The first-order valence-electron chi connectivity index (χ1n) is 9.68. The molecule has 27 heavy (non-hydrogen) atoms. The van der Waals surface area contributed by atoms with Crippen LogP contribution in [0.5, 0.6) is 0 Å². The van der Waals surface area contributed by atoms with Gasteiger partial charge in [0.25, 0.3) is 0 Å². The second-order valence-corrected chi connectivity index (χ2v) is 7.20. The van der Waals surface area contributed by atoms with Crippen LogP contribution < -0.4 is 16.0 Å². The van der Waals surface area contributed by atoms with E-state index < -0.39 is 0 Å². The highest BCUT2D eigenvalue weighted by molar-refractivity contribution is 5.53. The van der Waals surface area contributed by atoms with Gasteiger partial charge in [0, 0.05) is 44.4 Å². The zero-order chi connectivity index (χ0) is 18.9. The Morgan fingerprint density at radius 2 is 2.11 bits per heavy atom. The van der Waals surface area contributed by atoms with Crippen molar-refractivity contribution < 1.29 is 5.11 Å². The van der Waals surface area contributed by atoms with Crippen molar-refractivity contribution in [3.8, 4) is 0 Å². The topological polar surface area (TPSA) is 119 Å². The molecule has 0 unspecified atom stereocenters. The van der Waals surface area contributed by atoms with Crippen LogP contribution in [0.3, 0.4) is 0 Å². The number of aliphatic hydroxyl groups is 1. The number of piperidine rings is 1. The number of aliphatic hydroxyl groups excluding tert-OH is 1. The minimum absolute atomic E-state index is 0.00930. The molecule has 146 valence electrons. The van der Waals surface area contributed by atoms with Crippen molar-refractivity contribution in [3.05, 3.63) is 23.8 Å². The Morgan fingerprint density at radius 3 is 2.85 bits per heavy atom. The number of hydrogen-bond acceptors (Lipinski definition) is 8. The van der Waals surface area contributed by atoms with E-state index in [1.807, 2.05) is 12.4 Å². The van der Waals surface area contributed by atoms with Crippen molar-refractivity contribution in [1.29, 1.82) is 0 Å².